The first kappa shape index (κ1) is 19.3. The number of H-pyrrole nitrogens is 1. The van der Waals surface area contributed by atoms with Gasteiger partial charge in [-0.3, -0.25) is 13.9 Å². The topological polar surface area (TPSA) is 92.6 Å². The van der Waals surface area contributed by atoms with Gasteiger partial charge in [0.2, 0.25) is 11.7 Å². The van der Waals surface area contributed by atoms with Crippen LogP contribution >= 0.6 is 10.6 Å². The SMILES string of the molecule is C[N+](C)=C1C=CC(=NC(=O)c2[nH][n+]([C@H]3CCS(O)(O)C3)c3c2CCCC3)C=C1. The lowest BCUT2D eigenvalue weighted by molar-refractivity contribution is -0.775. The summed E-state index contributed by atoms with van der Waals surface area (Å²) in [6.07, 6.45) is 12.2. The van der Waals surface area contributed by atoms with Crippen LogP contribution in [0.25, 0.3) is 0 Å². The van der Waals surface area contributed by atoms with Crippen molar-refractivity contribution in [1.82, 2.24) is 5.10 Å². The standard InChI is InChI=1S/C20H26N4O3S/c1-23(2)15-9-7-14(8-10-15)21-20(25)19-17-5-3-4-6-18(17)24(22-19)16-11-12-28(26,27)13-16/h7-10,16H,3-6,11-13H2,1-2H3,(H-,26,27)/p+2/t16-/m0/s1. The second-order valence-electron chi connectivity index (χ2n) is 7.93. The van der Waals surface area contributed by atoms with E-state index in [1.54, 1.807) is 0 Å². The second kappa shape index (κ2) is 7.42. The van der Waals surface area contributed by atoms with Crippen LogP contribution < -0.4 is 4.68 Å². The van der Waals surface area contributed by atoms with Crippen molar-refractivity contribution in [3.63, 3.8) is 0 Å². The number of nitrogens with one attached hydrogen (secondary N) is 1. The Morgan fingerprint density at radius 3 is 2.57 bits per heavy atom. The molecule has 1 saturated heterocycles. The first-order valence-corrected chi connectivity index (χ1v) is 11.6. The molecule has 7 nitrogen and oxygen atoms in total. The van der Waals surface area contributed by atoms with E-state index < -0.39 is 10.6 Å². The van der Waals surface area contributed by atoms with Crippen LogP contribution in [0.1, 0.15) is 47.1 Å². The fraction of sp³-hybridized carbons (Fsp3) is 0.500. The summed E-state index contributed by atoms with van der Waals surface area (Å²) in [4.78, 5) is 17.3. The molecule has 1 fully saturated rings. The van der Waals surface area contributed by atoms with E-state index in [4.69, 9.17) is 0 Å². The molecular formula is C20H28N4O3S+2. The smallest absolute Gasteiger partial charge is 0.299 e. The summed E-state index contributed by atoms with van der Waals surface area (Å²) in [5.41, 5.74) is 4.43. The molecule has 1 aromatic rings. The van der Waals surface area contributed by atoms with Gasteiger partial charge >= 0.3 is 0 Å². The van der Waals surface area contributed by atoms with Crippen LogP contribution in [0.5, 0.6) is 0 Å². The first-order valence-electron chi connectivity index (χ1n) is 9.76. The van der Waals surface area contributed by atoms with Crippen LogP contribution in [0.3, 0.4) is 0 Å². The third-order valence-electron chi connectivity index (χ3n) is 5.68. The van der Waals surface area contributed by atoms with E-state index in [9.17, 15) is 13.9 Å². The van der Waals surface area contributed by atoms with E-state index in [1.165, 1.54) is 0 Å². The van der Waals surface area contributed by atoms with E-state index in [1.807, 2.05) is 47.7 Å². The van der Waals surface area contributed by atoms with Crippen molar-refractivity contribution in [2.75, 3.05) is 25.6 Å². The third-order valence-corrected chi connectivity index (χ3v) is 7.48. The van der Waals surface area contributed by atoms with Crippen molar-refractivity contribution in [2.45, 2.75) is 38.1 Å². The van der Waals surface area contributed by atoms with Gasteiger partial charge in [0.1, 0.15) is 19.8 Å². The average molecular weight is 405 g/mol. The molecular weight excluding hydrogens is 376 g/mol. The summed E-state index contributed by atoms with van der Waals surface area (Å²) in [5.74, 6) is 0.533. The molecule has 0 radical (unpaired) electrons. The van der Waals surface area contributed by atoms with Crippen LogP contribution in [-0.2, 0) is 12.8 Å². The molecule has 0 saturated carbocycles. The largest absolute Gasteiger partial charge is 0.299 e. The van der Waals surface area contributed by atoms with Crippen molar-refractivity contribution >= 4 is 27.9 Å². The molecule has 8 heteroatoms. The van der Waals surface area contributed by atoms with Gasteiger partial charge in [-0.2, -0.15) is 15.7 Å². The number of allylic oxidation sites excluding steroid dienone is 4. The molecule has 1 atom stereocenters. The Kier molecular flexibility index (Phi) is 5.11. The Morgan fingerprint density at radius 2 is 1.93 bits per heavy atom. The zero-order chi connectivity index (χ0) is 19.9. The summed E-state index contributed by atoms with van der Waals surface area (Å²) >= 11 is 0. The second-order valence-corrected chi connectivity index (χ2v) is 10.3. The number of fused-ring (bicyclic) bond motifs is 1. The number of carbonyl (C=O) groups is 1. The highest BCUT2D eigenvalue weighted by Gasteiger charge is 2.40. The van der Waals surface area contributed by atoms with Crippen molar-refractivity contribution in [3.8, 4) is 0 Å². The molecule has 0 spiro atoms. The molecule has 2 heterocycles. The predicted molar refractivity (Wildman–Crippen MR) is 111 cm³/mol. The summed E-state index contributed by atoms with van der Waals surface area (Å²) in [6, 6.07) is 0.0118. The number of aliphatic imine (C=N–C) groups is 1. The quantitative estimate of drug-likeness (QED) is 0.522. The molecule has 4 rings (SSSR count). The van der Waals surface area contributed by atoms with Gasteiger partial charge < -0.3 is 0 Å². The molecule has 3 aliphatic rings. The summed E-state index contributed by atoms with van der Waals surface area (Å²) < 4.78 is 24.1. The Bertz CT molecular complexity index is 917. The molecule has 28 heavy (non-hydrogen) atoms. The molecule has 0 unspecified atom stereocenters. The van der Waals surface area contributed by atoms with E-state index in [0.717, 1.165) is 49.1 Å². The van der Waals surface area contributed by atoms with Gasteiger partial charge in [-0.15, -0.1) is 4.68 Å². The molecule has 1 aliphatic heterocycles. The monoisotopic (exact) mass is 404 g/mol. The highest BCUT2D eigenvalue weighted by atomic mass is 32.3. The Morgan fingerprint density at radius 1 is 1.21 bits per heavy atom. The number of nitrogens with zero attached hydrogens (tertiary/aromatic N) is 3. The highest BCUT2D eigenvalue weighted by Crippen LogP contribution is 2.48. The van der Waals surface area contributed by atoms with Crippen LogP contribution in [0.4, 0.5) is 0 Å². The number of carbonyl (C=O) groups excluding carboxylic acids is 1. The molecule has 150 valence electrons. The minimum absolute atomic E-state index is 0.0118. The Labute approximate surface area is 166 Å². The molecule has 1 amide bonds. The van der Waals surface area contributed by atoms with Gasteiger partial charge in [0.15, 0.2) is 11.4 Å². The van der Waals surface area contributed by atoms with Crippen molar-refractivity contribution in [2.24, 2.45) is 4.99 Å². The third kappa shape index (κ3) is 3.76. The maximum Gasteiger partial charge on any atom is 0.299 e. The van der Waals surface area contributed by atoms with Crippen LogP contribution in [0, 0.1) is 0 Å². The van der Waals surface area contributed by atoms with E-state index in [2.05, 4.69) is 10.1 Å². The molecule has 0 bridgehead atoms. The fourth-order valence-corrected chi connectivity index (χ4v) is 5.92. The summed E-state index contributed by atoms with van der Waals surface area (Å²) in [5, 5.41) is 3.28. The average Bonchev–Trinajstić information content (AvgIpc) is 3.22. The number of hydrogen-bond donors (Lipinski definition) is 3. The van der Waals surface area contributed by atoms with Gasteiger partial charge in [-0.25, -0.2) is 9.57 Å². The Hall–Kier alpha value is -2.03. The van der Waals surface area contributed by atoms with Gasteiger partial charge in [0.05, 0.1) is 11.3 Å². The lowest BCUT2D eigenvalue weighted by Gasteiger charge is -2.24. The van der Waals surface area contributed by atoms with Crippen LogP contribution in [-0.4, -0.2) is 61.7 Å². The molecule has 1 aromatic heterocycles. The maximum atomic E-state index is 12.9. The van der Waals surface area contributed by atoms with Gasteiger partial charge in [-0.05, 0) is 31.4 Å². The van der Waals surface area contributed by atoms with Gasteiger partial charge in [0, 0.05) is 30.7 Å². The molecule has 3 N–H and O–H groups in total. The number of amides is 1. The maximum absolute atomic E-state index is 12.9. The summed E-state index contributed by atoms with van der Waals surface area (Å²) in [7, 11) is 1.45. The lowest BCUT2D eigenvalue weighted by Crippen LogP contribution is -2.45. The van der Waals surface area contributed by atoms with Crippen molar-refractivity contribution in [1.29, 1.82) is 0 Å². The van der Waals surface area contributed by atoms with Crippen molar-refractivity contribution in [3.05, 3.63) is 41.3 Å². The van der Waals surface area contributed by atoms with E-state index in [-0.39, 0.29) is 11.9 Å². The lowest BCUT2D eigenvalue weighted by atomic mass is 9.95. The van der Waals surface area contributed by atoms with E-state index >= 15 is 0 Å². The number of aromatic nitrogens is 2. The highest BCUT2D eigenvalue weighted by molar-refractivity contribution is 8.24. The van der Waals surface area contributed by atoms with Gasteiger partial charge in [0.25, 0.3) is 5.91 Å². The van der Waals surface area contributed by atoms with Crippen LogP contribution in [0.2, 0.25) is 0 Å². The predicted octanol–water partition coefficient (Wildman–Crippen LogP) is 2.30. The molecule has 0 aromatic carbocycles. The number of hydrogen-bond acceptors (Lipinski definition) is 3. The zero-order valence-corrected chi connectivity index (χ0v) is 17.2. The number of rotatable bonds is 2. The normalized spacial score (nSPS) is 24.2. The first-order chi connectivity index (χ1) is 13.3. The molecule has 2 aliphatic carbocycles. The minimum Gasteiger partial charge on any atom is -0.299 e. The zero-order valence-electron chi connectivity index (χ0n) is 16.4. The fourth-order valence-electron chi connectivity index (χ4n) is 4.17. The van der Waals surface area contributed by atoms with Gasteiger partial charge in [-0.1, -0.05) is 0 Å². The summed E-state index contributed by atoms with van der Waals surface area (Å²) in [6.45, 7) is 0. The van der Waals surface area contributed by atoms with E-state index in [0.29, 0.717) is 22.9 Å². The minimum atomic E-state index is -2.49. The Balaban J connectivity index is 1.64. The number of aromatic amines is 1. The van der Waals surface area contributed by atoms with Crippen molar-refractivity contribution < 1.29 is 23.2 Å². The van der Waals surface area contributed by atoms with Crippen LogP contribution in [0.15, 0.2) is 29.3 Å².